The van der Waals surface area contributed by atoms with Gasteiger partial charge in [-0.1, -0.05) is 20.1 Å². The van der Waals surface area contributed by atoms with Crippen LogP contribution in [-0.4, -0.2) is 22.3 Å². The van der Waals surface area contributed by atoms with Gasteiger partial charge in [-0.25, -0.2) is 9.59 Å². The fourth-order valence-corrected chi connectivity index (χ4v) is 0.209. The van der Waals surface area contributed by atoms with Gasteiger partial charge < -0.3 is 5.11 Å². The molecule has 0 fully saturated rings. The SMILES string of the molecule is C=C(C)C(=O)O.C=C(CC)C(=O)OO. The molecule has 0 unspecified atom stereocenters. The molecule has 0 heterocycles. The molecule has 0 saturated heterocycles. The molecular weight excluding hydrogens is 188 g/mol. The third-order valence-electron chi connectivity index (χ3n) is 1.16. The highest BCUT2D eigenvalue weighted by molar-refractivity contribution is 5.86. The molecule has 0 aromatic heterocycles. The van der Waals surface area contributed by atoms with Crippen LogP contribution in [0.4, 0.5) is 0 Å². The van der Waals surface area contributed by atoms with Gasteiger partial charge in [0.2, 0.25) is 0 Å². The van der Waals surface area contributed by atoms with Crippen molar-refractivity contribution in [2.24, 2.45) is 0 Å². The first-order valence-corrected chi connectivity index (χ1v) is 3.79. The summed E-state index contributed by atoms with van der Waals surface area (Å²) < 4.78 is 0. The topological polar surface area (TPSA) is 83.8 Å². The van der Waals surface area contributed by atoms with E-state index in [2.05, 4.69) is 18.0 Å². The van der Waals surface area contributed by atoms with Gasteiger partial charge >= 0.3 is 11.9 Å². The summed E-state index contributed by atoms with van der Waals surface area (Å²) in [6.45, 7) is 9.66. The van der Waals surface area contributed by atoms with Gasteiger partial charge in [-0.15, -0.1) is 0 Å². The van der Waals surface area contributed by atoms with Gasteiger partial charge in [0.1, 0.15) is 0 Å². The third-order valence-corrected chi connectivity index (χ3v) is 1.16. The minimum Gasteiger partial charge on any atom is -0.478 e. The Hall–Kier alpha value is -1.62. The zero-order valence-electron chi connectivity index (χ0n) is 8.24. The van der Waals surface area contributed by atoms with Gasteiger partial charge in [-0.05, 0) is 13.3 Å². The molecule has 0 atom stereocenters. The number of aliphatic carboxylic acids is 1. The molecule has 0 bridgehead atoms. The number of hydrogen-bond acceptors (Lipinski definition) is 4. The molecule has 0 aliphatic carbocycles. The van der Waals surface area contributed by atoms with Gasteiger partial charge in [-0.3, -0.25) is 4.89 Å². The first kappa shape index (κ1) is 14.9. The van der Waals surface area contributed by atoms with Crippen LogP contribution in [0.25, 0.3) is 0 Å². The predicted octanol–water partition coefficient (Wildman–Crippen LogP) is 1.62. The number of hydrogen-bond donors (Lipinski definition) is 2. The Labute approximate surface area is 82.2 Å². The lowest BCUT2D eigenvalue weighted by atomic mass is 10.2. The molecule has 5 heteroatoms. The van der Waals surface area contributed by atoms with Crippen LogP contribution in [-0.2, 0) is 14.5 Å². The van der Waals surface area contributed by atoms with Crippen molar-refractivity contribution < 1.29 is 24.8 Å². The molecular formula is C9H14O5. The fraction of sp³-hybridized carbons (Fsp3) is 0.333. The summed E-state index contributed by atoms with van der Waals surface area (Å²) in [4.78, 5) is 23.1. The Kier molecular flexibility index (Phi) is 8.50. The molecule has 0 aromatic rings. The first-order valence-electron chi connectivity index (χ1n) is 3.79. The average Bonchev–Trinajstić information content (AvgIpc) is 2.16. The second-order valence-electron chi connectivity index (χ2n) is 2.42. The maximum atomic E-state index is 10.2. The van der Waals surface area contributed by atoms with E-state index in [1.54, 1.807) is 6.92 Å². The van der Waals surface area contributed by atoms with Crippen LogP contribution in [0.3, 0.4) is 0 Å². The van der Waals surface area contributed by atoms with Crippen LogP contribution >= 0.6 is 0 Å². The smallest absolute Gasteiger partial charge is 0.368 e. The lowest BCUT2D eigenvalue weighted by molar-refractivity contribution is -0.229. The summed E-state index contributed by atoms with van der Waals surface area (Å²) in [5.74, 6) is -1.69. The maximum absolute atomic E-state index is 10.2. The Bertz CT molecular complexity index is 216. The van der Waals surface area contributed by atoms with Crippen molar-refractivity contribution in [3.8, 4) is 0 Å². The Balaban J connectivity index is 0. The van der Waals surface area contributed by atoms with E-state index in [0.717, 1.165) is 0 Å². The van der Waals surface area contributed by atoms with Crippen molar-refractivity contribution in [3.63, 3.8) is 0 Å². The fourth-order valence-electron chi connectivity index (χ4n) is 0.209. The molecule has 0 saturated carbocycles. The van der Waals surface area contributed by atoms with Gasteiger partial charge in [0.15, 0.2) is 0 Å². The highest BCUT2D eigenvalue weighted by Crippen LogP contribution is 1.96. The minimum atomic E-state index is -0.935. The quantitative estimate of drug-likeness (QED) is 0.412. The van der Waals surface area contributed by atoms with Crippen molar-refractivity contribution in [2.75, 3.05) is 0 Å². The second kappa shape index (κ2) is 8.00. The van der Waals surface area contributed by atoms with Crippen LogP contribution < -0.4 is 0 Å². The molecule has 0 amide bonds. The number of carbonyl (C=O) groups excluding carboxylic acids is 1. The molecule has 14 heavy (non-hydrogen) atoms. The zero-order valence-corrected chi connectivity index (χ0v) is 8.24. The Morgan fingerprint density at radius 2 is 1.71 bits per heavy atom. The van der Waals surface area contributed by atoms with Crippen molar-refractivity contribution >= 4 is 11.9 Å². The van der Waals surface area contributed by atoms with E-state index < -0.39 is 11.9 Å². The van der Waals surface area contributed by atoms with Gasteiger partial charge in [-0.2, -0.15) is 5.26 Å². The molecule has 0 aliphatic heterocycles. The number of rotatable bonds is 3. The van der Waals surface area contributed by atoms with Crippen LogP contribution in [0.1, 0.15) is 20.3 Å². The summed E-state index contributed by atoms with van der Waals surface area (Å²) in [5.41, 5.74) is 0.447. The monoisotopic (exact) mass is 202 g/mol. The molecule has 80 valence electrons. The molecule has 2 N–H and O–H groups in total. The van der Waals surface area contributed by atoms with E-state index in [0.29, 0.717) is 6.42 Å². The number of carboxylic acids is 1. The molecule has 0 aliphatic rings. The van der Waals surface area contributed by atoms with E-state index in [4.69, 9.17) is 10.4 Å². The van der Waals surface area contributed by atoms with Crippen LogP contribution in [0.2, 0.25) is 0 Å². The van der Waals surface area contributed by atoms with Gasteiger partial charge in [0.05, 0.1) is 0 Å². The van der Waals surface area contributed by atoms with Crippen LogP contribution in [0, 0.1) is 0 Å². The average molecular weight is 202 g/mol. The summed E-state index contributed by atoms with van der Waals surface area (Å²) in [7, 11) is 0. The van der Waals surface area contributed by atoms with Crippen LogP contribution in [0.5, 0.6) is 0 Å². The highest BCUT2D eigenvalue weighted by Gasteiger charge is 2.03. The number of carboxylic acid groups (broad SMARTS) is 1. The summed E-state index contributed by atoms with van der Waals surface area (Å²) in [6, 6.07) is 0. The van der Waals surface area contributed by atoms with Crippen molar-refractivity contribution in [2.45, 2.75) is 20.3 Å². The van der Waals surface area contributed by atoms with E-state index in [-0.39, 0.29) is 11.1 Å². The highest BCUT2D eigenvalue weighted by atomic mass is 17.1. The molecule has 0 aromatic carbocycles. The van der Waals surface area contributed by atoms with Crippen molar-refractivity contribution in [1.82, 2.24) is 0 Å². The summed E-state index contributed by atoms with van der Waals surface area (Å²) in [5, 5.41) is 15.6. The van der Waals surface area contributed by atoms with Gasteiger partial charge in [0, 0.05) is 11.1 Å². The summed E-state index contributed by atoms with van der Waals surface area (Å²) in [6.07, 6.45) is 0.499. The second-order valence-corrected chi connectivity index (χ2v) is 2.42. The largest absolute Gasteiger partial charge is 0.478 e. The third kappa shape index (κ3) is 8.48. The van der Waals surface area contributed by atoms with Crippen molar-refractivity contribution in [1.29, 1.82) is 0 Å². The zero-order chi connectivity index (χ0) is 11.7. The molecule has 0 rings (SSSR count). The van der Waals surface area contributed by atoms with E-state index in [9.17, 15) is 9.59 Å². The predicted molar refractivity (Wildman–Crippen MR) is 50.6 cm³/mol. The maximum Gasteiger partial charge on any atom is 0.368 e. The lowest BCUT2D eigenvalue weighted by Crippen LogP contribution is -2.02. The molecule has 5 nitrogen and oxygen atoms in total. The van der Waals surface area contributed by atoms with E-state index >= 15 is 0 Å². The molecule has 0 spiro atoms. The standard InChI is InChI=1S/C5H8O3.C4H6O2/c1-3-4(2)5(6)8-7;1-3(2)4(5)6/h7H,2-3H2,1H3;1H2,2H3,(H,5,6). The van der Waals surface area contributed by atoms with E-state index in [1.165, 1.54) is 6.92 Å². The minimum absolute atomic E-state index is 0.176. The Morgan fingerprint density at radius 3 is 1.79 bits per heavy atom. The number of carbonyl (C=O) groups is 2. The van der Waals surface area contributed by atoms with Gasteiger partial charge in [0.25, 0.3) is 0 Å². The summed E-state index contributed by atoms with van der Waals surface area (Å²) >= 11 is 0. The Morgan fingerprint density at radius 1 is 1.36 bits per heavy atom. The first-order chi connectivity index (χ1) is 6.36. The molecule has 0 radical (unpaired) electrons. The lowest BCUT2D eigenvalue weighted by Gasteiger charge is -1.93. The van der Waals surface area contributed by atoms with E-state index in [1.807, 2.05) is 0 Å². The van der Waals surface area contributed by atoms with Crippen molar-refractivity contribution in [3.05, 3.63) is 24.3 Å². The van der Waals surface area contributed by atoms with Crippen LogP contribution in [0.15, 0.2) is 24.3 Å². The normalized spacial score (nSPS) is 7.93.